The first-order valence-electron chi connectivity index (χ1n) is 4.91. The summed E-state index contributed by atoms with van der Waals surface area (Å²) < 4.78 is 40.4. The molecular formula is C10H13BF4Rh-. The predicted octanol–water partition coefficient (Wildman–Crippen LogP) is 3.95. The van der Waals surface area contributed by atoms with E-state index in [0.29, 0.717) is 16.7 Å². The van der Waals surface area contributed by atoms with E-state index in [2.05, 4.69) is 57.3 Å². The van der Waals surface area contributed by atoms with Gasteiger partial charge in [0.1, 0.15) is 0 Å². The van der Waals surface area contributed by atoms with Gasteiger partial charge in [-0.1, -0.05) is 0 Å². The van der Waals surface area contributed by atoms with Gasteiger partial charge in [-0.15, -0.1) is 0 Å². The Labute approximate surface area is 103 Å². The summed E-state index contributed by atoms with van der Waals surface area (Å²) in [4.78, 5) is 0. The zero-order valence-corrected chi connectivity index (χ0v) is 10.9. The third-order valence-corrected chi connectivity index (χ3v) is 4.72. The standard InChI is InChI=1S/C10H13.BF4.Rh/c1-9(2)8-4-6-10(9,3)7-5-8;2-1(3,4)5;/h4-6,8H,1-3H3;;/q;-1;. The fraction of sp³-hybridized carbons (Fsp3) is 0.600. The molecule has 6 heteroatoms. The number of allylic oxidation sites excluding steroid dienone is 4. The molecule has 2 aliphatic rings. The zero-order valence-electron chi connectivity index (χ0n) is 9.23. The Morgan fingerprint density at radius 1 is 1.19 bits per heavy atom. The summed E-state index contributed by atoms with van der Waals surface area (Å²) in [5.41, 5.74) is 0.696. The topological polar surface area (TPSA) is 0 Å². The maximum atomic E-state index is 9.75. The second-order valence-corrected chi connectivity index (χ2v) is 5.68. The summed E-state index contributed by atoms with van der Waals surface area (Å²) in [6.45, 7) is 7.02. The van der Waals surface area contributed by atoms with E-state index in [4.69, 9.17) is 0 Å². The molecule has 0 amide bonds. The van der Waals surface area contributed by atoms with Crippen molar-refractivity contribution in [2.24, 2.45) is 16.7 Å². The Morgan fingerprint density at radius 2 is 1.62 bits per heavy atom. The third-order valence-electron chi connectivity index (χ3n) is 3.60. The Hall–Kier alpha value is -0.112. The summed E-state index contributed by atoms with van der Waals surface area (Å²) in [6.07, 6.45) is 7.06. The van der Waals surface area contributed by atoms with E-state index in [0.717, 1.165) is 0 Å². The van der Waals surface area contributed by atoms with Gasteiger partial charge in [-0.2, -0.15) is 0 Å². The van der Waals surface area contributed by atoms with Crippen molar-refractivity contribution < 1.29 is 35.6 Å². The average Bonchev–Trinajstić information content (AvgIpc) is 2.33. The quantitative estimate of drug-likeness (QED) is 0.360. The minimum absolute atomic E-state index is 0.296. The first-order valence-corrected chi connectivity index (χ1v) is 5.72. The molecule has 2 atom stereocenters. The van der Waals surface area contributed by atoms with Crippen LogP contribution in [0, 0.1) is 16.7 Å². The van der Waals surface area contributed by atoms with Crippen LogP contribution in [0.15, 0.2) is 22.4 Å². The van der Waals surface area contributed by atoms with Crippen molar-refractivity contribution in [2.75, 3.05) is 0 Å². The van der Waals surface area contributed by atoms with Crippen LogP contribution in [0.3, 0.4) is 0 Å². The van der Waals surface area contributed by atoms with Crippen molar-refractivity contribution in [2.45, 2.75) is 20.8 Å². The first-order chi connectivity index (χ1) is 6.98. The molecule has 0 fully saturated rings. The van der Waals surface area contributed by atoms with Gasteiger partial charge in [0.15, 0.2) is 0 Å². The van der Waals surface area contributed by atoms with E-state index in [1.165, 1.54) is 4.17 Å². The van der Waals surface area contributed by atoms with Gasteiger partial charge in [-0.05, 0) is 0 Å². The molecule has 0 heterocycles. The molecule has 0 nitrogen and oxygen atoms in total. The van der Waals surface area contributed by atoms with E-state index in [-0.39, 0.29) is 0 Å². The Kier molecular flexibility index (Phi) is 3.46. The van der Waals surface area contributed by atoms with Crippen molar-refractivity contribution in [3.8, 4) is 0 Å². The molecule has 0 aromatic rings. The van der Waals surface area contributed by atoms with E-state index < -0.39 is 7.25 Å². The summed E-state index contributed by atoms with van der Waals surface area (Å²) in [7, 11) is -6.00. The smallest absolute Gasteiger partial charge is 0.418 e. The number of halogens is 4. The second kappa shape index (κ2) is 3.97. The van der Waals surface area contributed by atoms with Gasteiger partial charge in [0.2, 0.25) is 0 Å². The van der Waals surface area contributed by atoms with Crippen LogP contribution in [0.2, 0.25) is 0 Å². The molecular weight excluding hydrogens is 310 g/mol. The van der Waals surface area contributed by atoms with Gasteiger partial charge in [-0.3, -0.25) is 0 Å². The number of hydrogen-bond acceptors (Lipinski definition) is 0. The molecule has 0 aromatic carbocycles. The monoisotopic (exact) mass is 323 g/mol. The largest absolute Gasteiger partial charge is 0.673 e. The average molecular weight is 323 g/mol. The summed E-state index contributed by atoms with van der Waals surface area (Å²) in [5, 5.41) is 0. The molecule has 0 aliphatic heterocycles. The number of fused-ring (bicyclic) bond motifs is 2. The summed E-state index contributed by atoms with van der Waals surface area (Å²) in [5.74, 6) is 0.660. The molecule has 0 radical (unpaired) electrons. The van der Waals surface area contributed by atoms with Gasteiger partial charge in [0, 0.05) is 0 Å². The molecule has 0 aromatic heterocycles. The third kappa shape index (κ3) is 2.42. The van der Waals surface area contributed by atoms with Crippen LogP contribution in [0.4, 0.5) is 17.3 Å². The Morgan fingerprint density at radius 3 is 1.75 bits per heavy atom. The van der Waals surface area contributed by atoms with Crippen molar-refractivity contribution in [3.63, 3.8) is 0 Å². The molecule has 94 valence electrons. The van der Waals surface area contributed by atoms with Gasteiger partial charge in [0.05, 0.1) is 0 Å². The molecule has 16 heavy (non-hydrogen) atoms. The fourth-order valence-electron chi connectivity index (χ4n) is 2.05. The van der Waals surface area contributed by atoms with Gasteiger partial charge >= 0.3 is 85.5 Å². The molecule has 2 aliphatic carbocycles. The molecule has 2 bridgehead atoms. The minimum atomic E-state index is -6.00. The van der Waals surface area contributed by atoms with Crippen molar-refractivity contribution >= 4 is 7.25 Å². The molecule has 2 unspecified atom stereocenters. The van der Waals surface area contributed by atoms with Gasteiger partial charge < -0.3 is 17.3 Å². The Balaban J connectivity index is 0.000000221. The van der Waals surface area contributed by atoms with Crippen LogP contribution in [-0.4, -0.2) is 7.25 Å². The SMILES string of the molecule is CC12C=CC(C=[C]1[Rh])C2(C)C.F[B-](F)(F)F. The van der Waals surface area contributed by atoms with Crippen molar-refractivity contribution in [1.29, 1.82) is 0 Å². The maximum Gasteiger partial charge on any atom is 0.673 e. The summed E-state index contributed by atoms with van der Waals surface area (Å²) in [6, 6.07) is 0. The van der Waals surface area contributed by atoms with Gasteiger partial charge in [0.25, 0.3) is 0 Å². The van der Waals surface area contributed by atoms with Gasteiger partial charge in [-0.25, -0.2) is 0 Å². The second-order valence-electron chi connectivity index (χ2n) is 4.79. The van der Waals surface area contributed by atoms with Crippen LogP contribution in [0.5, 0.6) is 0 Å². The molecule has 0 N–H and O–H groups in total. The normalized spacial score (nSPS) is 34.6. The van der Waals surface area contributed by atoms with Crippen LogP contribution in [0.1, 0.15) is 20.8 Å². The molecule has 0 spiro atoms. The Bertz CT molecular complexity index is 339. The van der Waals surface area contributed by atoms with Crippen LogP contribution in [0.25, 0.3) is 0 Å². The van der Waals surface area contributed by atoms with E-state index in [1.54, 1.807) is 0 Å². The van der Waals surface area contributed by atoms with Crippen molar-refractivity contribution in [3.05, 3.63) is 22.4 Å². The fourth-order valence-corrected chi connectivity index (χ4v) is 3.01. The van der Waals surface area contributed by atoms with E-state index in [9.17, 15) is 17.3 Å². The van der Waals surface area contributed by atoms with Crippen LogP contribution < -0.4 is 0 Å². The molecule has 2 rings (SSSR count). The predicted molar refractivity (Wildman–Crippen MR) is 52.8 cm³/mol. The number of hydrogen-bond donors (Lipinski definition) is 0. The number of rotatable bonds is 0. The summed E-state index contributed by atoms with van der Waals surface area (Å²) >= 11 is 3.07. The van der Waals surface area contributed by atoms with Crippen molar-refractivity contribution in [1.82, 2.24) is 0 Å². The minimum Gasteiger partial charge on any atom is -0.418 e. The van der Waals surface area contributed by atoms with E-state index >= 15 is 0 Å². The zero-order chi connectivity index (χ0) is 12.8. The molecule has 0 saturated carbocycles. The molecule has 0 saturated heterocycles. The maximum absolute atomic E-state index is 9.75. The van der Waals surface area contributed by atoms with Crippen LogP contribution >= 0.6 is 0 Å². The first kappa shape index (κ1) is 14.0. The van der Waals surface area contributed by atoms with Crippen LogP contribution in [-0.2, 0) is 18.3 Å². The van der Waals surface area contributed by atoms with E-state index in [1.807, 2.05) is 0 Å².